The minimum absolute atomic E-state index is 0.253. The summed E-state index contributed by atoms with van der Waals surface area (Å²) < 4.78 is 0. The number of nitrogens with zero attached hydrogens (tertiary/aromatic N) is 1. The molecule has 1 aromatic rings. The highest BCUT2D eigenvalue weighted by Gasteiger charge is 2.20. The van der Waals surface area contributed by atoms with E-state index in [1.54, 1.807) is 0 Å². The van der Waals surface area contributed by atoms with Gasteiger partial charge in [0.25, 0.3) is 0 Å². The van der Waals surface area contributed by atoms with Crippen LogP contribution in [0.25, 0.3) is 6.08 Å². The van der Waals surface area contributed by atoms with Gasteiger partial charge in [0.2, 0.25) is 5.91 Å². The molecule has 0 radical (unpaired) electrons. The van der Waals surface area contributed by atoms with Crippen LogP contribution in [0.4, 0.5) is 0 Å². The van der Waals surface area contributed by atoms with E-state index in [1.807, 2.05) is 18.2 Å². The molecule has 20 heavy (non-hydrogen) atoms. The molecule has 1 aliphatic rings. The van der Waals surface area contributed by atoms with Gasteiger partial charge >= 0.3 is 0 Å². The van der Waals surface area contributed by atoms with Crippen LogP contribution < -0.4 is 11.1 Å². The maximum Gasteiger partial charge on any atom is 0.231 e. The van der Waals surface area contributed by atoms with Crippen molar-refractivity contribution in [2.24, 2.45) is 5.73 Å². The standard InChI is InChI=1S/C16H23N3O/c17-16(20)13-19(15-8-10-18-11-9-15)12-4-7-14-5-2-1-3-6-14/h1-7,15,18H,8-13H2,(H2,17,20)/b7-4+. The summed E-state index contributed by atoms with van der Waals surface area (Å²) in [4.78, 5) is 13.4. The van der Waals surface area contributed by atoms with E-state index >= 15 is 0 Å². The maximum absolute atomic E-state index is 11.2. The van der Waals surface area contributed by atoms with E-state index in [0.29, 0.717) is 12.6 Å². The molecule has 0 unspecified atom stereocenters. The van der Waals surface area contributed by atoms with Crippen LogP contribution in [0.1, 0.15) is 18.4 Å². The Morgan fingerprint density at radius 2 is 2.00 bits per heavy atom. The lowest BCUT2D eigenvalue weighted by molar-refractivity contribution is -0.119. The summed E-state index contributed by atoms with van der Waals surface area (Å²) >= 11 is 0. The van der Waals surface area contributed by atoms with Crippen molar-refractivity contribution in [3.63, 3.8) is 0 Å². The first-order valence-electron chi connectivity index (χ1n) is 7.20. The van der Waals surface area contributed by atoms with E-state index in [0.717, 1.165) is 32.5 Å². The number of rotatable bonds is 6. The van der Waals surface area contributed by atoms with Gasteiger partial charge in [-0.1, -0.05) is 42.5 Å². The van der Waals surface area contributed by atoms with E-state index in [4.69, 9.17) is 5.73 Å². The number of amides is 1. The van der Waals surface area contributed by atoms with Gasteiger partial charge in [-0.3, -0.25) is 9.69 Å². The van der Waals surface area contributed by atoms with Crippen LogP contribution in [0.15, 0.2) is 36.4 Å². The summed E-state index contributed by atoms with van der Waals surface area (Å²) in [5.74, 6) is -0.253. The number of nitrogens with one attached hydrogen (secondary N) is 1. The molecule has 1 aliphatic heterocycles. The van der Waals surface area contributed by atoms with Gasteiger partial charge in [-0.15, -0.1) is 0 Å². The average molecular weight is 273 g/mol. The number of piperidine rings is 1. The quantitative estimate of drug-likeness (QED) is 0.820. The molecule has 0 aliphatic carbocycles. The van der Waals surface area contributed by atoms with Crippen LogP contribution in [0.2, 0.25) is 0 Å². The predicted octanol–water partition coefficient (Wildman–Crippen LogP) is 1.24. The minimum atomic E-state index is -0.253. The topological polar surface area (TPSA) is 58.4 Å². The fourth-order valence-electron chi connectivity index (χ4n) is 2.60. The van der Waals surface area contributed by atoms with Crippen LogP contribution >= 0.6 is 0 Å². The van der Waals surface area contributed by atoms with Crippen molar-refractivity contribution in [2.45, 2.75) is 18.9 Å². The number of carbonyl (C=O) groups excluding carboxylic acids is 1. The van der Waals surface area contributed by atoms with Crippen molar-refractivity contribution in [1.82, 2.24) is 10.2 Å². The normalized spacial score (nSPS) is 16.9. The van der Waals surface area contributed by atoms with E-state index in [9.17, 15) is 4.79 Å². The molecule has 0 aromatic heterocycles. The van der Waals surface area contributed by atoms with Crippen LogP contribution in [0.5, 0.6) is 0 Å². The highest BCUT2D eigenvalue weighted by atomic mass is 16.1. The molecule has 4 nitrogen and oxygen atoms in total. The van der Waals surface area contributed by atoms with Gasteiger partial charge in [0, 0.05) is 12.6 Å². The molecule has 1 amide bonds. The second-order valence-corrected chi connectivity index (χ2v) is 5.19. The Hall–Kier alpha value is -1.65. The number of primary amides is 1. The lowest BCUT2D eigenvalue weighted by Crippen LogP contribution is -2.46. The van der Waals surface area contributed by atoms with Crippen molar-refractivity contribution in [3.05, 3.63) is 42.0 Å². The molecule has 0 spiro atoms. The largest absolute Gasteiger partial charge is 0.369 e. The first kappa shape index (κ1) is 14.8. The zero-order valence-electron chi connectivity index (χ0n) is 11.8. The van der Waals surface area contributed by atoms with Crippen LogP contribution in [0.3, 0.4) is 0 Å². The van der Waals surface area contributed by atoms with E-state index in [2.05, 4.69) is 34.5 Å². The summed E-state index contributed by atoms with van der Waals surface area (Å²) in [5.41, 5.74) is 6.54. The van der Waals surface area contributed by atoms with E-state index in [-0.39, 0.29) is 5.91 Å². The highest BCUT2D eigenvalue weighted by molar-refractivity contribution is 5.76. The monoisotopic (exact) mass is 273 g/mol. The van der Waals surface area contributed by atoms with E-state index < -0.39 is 0 Å². The molecule has 108 valence electrons. The average Bonchev–Trinajstić information content (AvgIpc) is 2.48. The van der Waals surface area contributed by atoms with Crippen molar-refractivity contribution >= 4 is 12.0 Å². The third-order valence-electron chi connectivity index (χ3n) is 3.63. The zero-order chi connectivity index (χ0) is 14.2. The lowest BCUT2D eigenvalue weighted by Gasteiger charge is -2.33. The number of hydrogen-bond donors (Lipinski definition) is 2. The van der Waals surface area contributed by atoms with Crippen molar-refractivity contribution in [3.8, 4) is 0 Å². The van der Waals surface area contributed by atoms with Gasteiger partial charge in [0.15, 0.2) is 0 Å². The van der Waals surface area contributed by atoms with Crippen LogP contribution in [0, 0.1) is 0 Å². The Bertz CT molecular complexity index is 438. The third kappa shape index (κ3) is 4.79. The molecule has 1 aromatic carbocycles. The zero-order valence-corrected chi connectivity index (χ0v) is 11.8. The number of benzene rings is 1. The van der Waals surface area contributed by atoms with Gasteiger partial charge < -0.3 is 11.1 Å². The lowest BCUT2D eigenvalue weighted by atomic mass is 10.0. The molecular weight excluding hydrogens is 250 g/mol. The Kier molecular flexibility index (Phi) is 5.77. The Morgan fingerprint density at radius 1 is 1.30 bits per heavy atom. The van der Waals surface area contributed by atoms with Gasteiger partial charge in [0.1, 0.15) is 0 Å². The number of nitrogens with two attached hydrogens (primary N) is 1. The van der Waals surface area contributed by atoms with Crippen molar-refractivity contribution in [2.75, 3.05) is 26.2 Å². The Morgan fingerprint density at radius 3 is 2.65 bits per heavy atom. The first-order chi connectivity index (χ1) is 9.75. The molecule has 0 saturated carbocycles. The van der Waals surface area contributed by atoms with Crippen LogP contribution in [-0.4, -0.2) is 43.0 Å². The first-order valence-corrected chi connectivity index (χ1v) is 7.20. The second kappa shape index (κ2) is 7.82. The van der Waals surface area contributed by atoms with Gasteiger partial charge in [0.05, 0.1) is 6.54 Å². The Labute approximate surface area is 120 Å². The van der Waals surface area contributed by atoms with Crippen molar-refractivity contribution < 1.29 is 4.79 Å². The smallest absolute Gasteiger partial charge is 0.231 e. The highest BCUT2D eigenvalue weighted by Crippen LogP contribution is 2.12. The molecule has 0 atom stereocenters. The second-order valence-electron chi connectivity index (χ2n) is 5.19. The predicted molar refractivity (Wildman–Crippen MR) is 82.1 cm³/mol. The van der Waals surface area contributed by atoms with Crippen LogP contribution in [-0.2, 0) is 4.79 Å². The van der Waals surface area contributed by atoms with E-state index in [1.165, 1.54) is 5.56 Å². The summed E-state index contributed by atoms with van der Waals surface area (Å²) in [5, 5.41) is 3.34. The molecule has 1 heterocycles. The summed E-state index contributed by atoms with van der Waals surface area (Å²) in [6.07, 6.45) is 6.36. The van der Waals surface area contributed by atoms with Gasteiger partial charge in [-0.25, -0.2) is 0 Å². The molecule has 3 N–H and O–H groups in total. The summed E-state index contributed by atoms with van der Waals surface area (Å²) in [6.45, 7) is 3.14. The minimum Gasteiger partial charge on any atom is -0.369 e. The molecule has 1 saturated heterocycles. The molecule has 2 rings (SSSR count). The fraction of sp³-hybridized carbons (Fsp3) is 0.438. The summed E-state index contributed by atoms with van der Waals surface area (Å²) in [7, 11) is 0. The van der Waals surface area contributed by atoms with Gasteiger partial charge in [-0.05, 0) is 31.5 Å². The third-order valence-corrected chi connectivity index (χ3v) is 3.63. The summed E-state index contributed by atoms with van der Waals surface area (Å²) in [6, 6.07) is 10.6. The van der Waals surface area contributed by atoms with Gasteiger partial charge in [-0.2, -0.15) is 0 Å². The maximum atomic E-state index is 11.2. The fourth-order valence-corrected chi connectivity index (χ4v) is 2.60. The van der Waals surface area contributed by atoms with Crippen molar-refractivity contribution in [1.29, 1.82) is 0 Å². The Balaban J connectivity index is 1.93. The molecular formula is C16H23N3O. The molecule has 1 fully saturated rings. The molecule has 0 bridgehead atoms. The molecule has 4 heteroatoms. The number of carbonyl (C=O) groups is 1. The number of hydrogen-bond acceptors (Lipinski definition) is 3. The SMILES string of the molecule is NC(=O)CN(C/C=C/c1ccccc1)C1CCNCC1.